The molecule has 0 fully saturated rings. The average Bonchev–Trinajstić information content (AvgIpc) is 2.50. The van der Waals surface area contributed by atoms with Crippen LogP contribution in [0.3, 0.4) is 0 Å². The van der Waals surface area contributed by atoms with E-state index in [0.717, 1.165) is 5.56 Å². The summed E-state index contributed by atoms with van der Waals surface area (Å²) < 4.78 is 0. The minimum absolute atomic E-state index is 0.0102. The number of anilines is 2. The molecule has 114 valence electrons. The third-order valence-electron chi connectivity index (χ3n) is 3.17. The van der Waals surface area contributed by atoms with Gasteiger partial charge in [0.2, 0.25) is 5.91 Å². The maximum atomic E-state index is 12.0. The van der Waals surface area contributed by atoms with Crippen LogP contribution in [0.1, 0.15) is 15.9 Å². The Kier molecular flexibility index (Phi) is 5.01. The van der Waals surface area contributed by atoms with Gasteiger partial charge in [-0.25, -0.2) is 0 Å². The molecule has 4 N–H and O–H groups in total. The van der Waals surface area contributed by atoms with Gasteiger partial charge in [-0.3, -0.25) is 9.59 Å². The van der Waals surface area contributed by atoms with Crippen molar-refractivity contribution in [3.05, 3.63) is 58.6 Å². The molecule has 0 spiro atoms. The second-order valence-corrected chi connectivity index (χ2v) is 5.13. The van der Waals surface area contributed by atoms with Crippen LogP contribution < -0.4 is 16.4 Å². The molecule has 2 amide bonds. The molecule has 0 atom stereocenters. The lowest BCUT2D eigenvalue weighted by Gasteiger charge is -2.12. The van der Waals surface area contributed by atoms with E-state index in [-0.39, 0.29) is 12.5 Å². The number of primary amides is 1. The van der Waals surface area contributed by atoms with Crippen molar-refractivity contribution in [3.63, 3.8) is 0 Å². The fourth-order valence-corrected chi connectivity index (χ4v) is 2.14. The van der Waals surface area contributed by atoms with Gasteiger partial charge in [0.15, 0.2) is 0 Å². The molecule has 0 aliphatic carbocycles. The van der Waals surface area contributed by atoms with E-state index >= 15 is 0 Å². The van der Waals surface area contributed by atoms with Gasteiger partial charge in [-0.2, -0.15) is 0 Å². The predicted molar refractivity (Wildman–Crippen MR) is 88.3 cm³/mol. The monoisotopic (exact) mass is 317 g/mol. The van der Waals surface area contributed by atoms with E-state index in [4.69, 9.17) is 17.3 Å². The summed E-state index contributed by atoms with van der Waals surface area (Å²) in [4.78, 5) is 23.3. The zero-order valence-electron chi connectivity index (χ0n) is 12.0. The van der Waals surface area contributed by atoms with Crippen molar-refractivity contribution in [3.8, 4) is 0 Å². The number of carbonyl (C=O) groups excluding carboxylic acids is 2. The number of halogens is 1. The highest BCUT2D eigenvalue weighted by Gasteiger charge is 2.10. The van der Waals surface area contributed by atoms with Gasteiger partial charge in [0.05, 0.1) is 12.1 Å². The Labute approximate surface area is 133 Å². The molecule has 2 aromatic carbocycles. The van der Waals surface area contributed by atoms with Crippen molar-refractivity contribution in [2.75, 3.05) is 17.2 Å². The quantitative estimate of drug-likeness (QED) is 0.792. The minimum Gasteiger partial charge on any atom is -0.376 e. The lowest BCUT2D eigenvalue weighted by molar-refractivity contribution is -0.114. The third kappa shape index (κ3) is 3.77. The van der Waals surface area contributed by atoms with Gasteiger partial charge >= 0.3 is 0 Å². The zero-order chi connectivity index (χ0) is 16.1. The van der Waals surface area contributed by atoms with Crippen LogP contribution in [0.5, 0.6) is 0 Å². The number of hydrogen-bond acceptors (Lipinski definition) is 3. The lowest BCUT2D eigenvalue weighted by atomic mass is 10.1. The number of nitrogens with two attached hydrogens (primary N) is 1. The Hall–Kier alpha value is -2.53. The van der Waals surface area contributed by atoms with Crippen molar-refractivity contribution in [2.24, 2.45) is 5.73 Å². The summed E-state index contributed by atoms with van der Waals surface area (Å²) in [6.45, 7) is 1.84. The van der Waals surface area contributed by atoms with Crippen molar-refractivity contribution in [1.29, 1.82) is 0 Å². The molecule has 0 radical (unpaired) electrons. The van der Waals surface area contributed by atoms with E-state index in [0.29, 0.717) is 22.0 Å². The molecule has 0 aliphatic rings. The Morgan fingerprint density at radius 2 is 1.77 bits per heavy atom. The number of amides is 2. The van der Waals surface area contributed by atoms with Gasteiger partial charge in [-0.15, -0.1) is 0 Å². The molecule has 0 bridgehead atoms. The van der Waals surface area contributed by atoms with E-state index in [1.165, 1.54) is 0 Å². The van der Waals surface area contributed by atoms with Crippen LogP contribution in [-0.4, -0.2) is 18.4 Å². The summed E-state index contributed by atoms with van der Waals surface area (Å²) in [5, 5.41) is 6.26. The molecule has 5 nitrogen and oxygen atoms in total. The largest absolute Gasteiger partial charge is 0.376 e. The first kappa shape index (κ1) is 15.9. The van der Waals surface area contributed by atoms with Gasteiger partial charge in [-0.1, -0.05) is 29.8 Å². The highest BCUT2D eigenvalue weighted by molar-refractivity contribution is 6.31. The number of nitrogens with one attached hydrogen (secondary N) is 2. The normalized spacial score (nSPS) is 10.1. The van der Waals surface area contributed by atoms with Gasteiger partial charge in [0.1, 0.15) is 0 Å². The van der Waals surface area contributed by atoms with Crippen LogP contribution in [0.25, 0.3) is 0 Å². The smallest absolute Gasteiger partial charge is 0.250 e. The molecule has 6 heteroatoms. The molecule has 0 saturated heterocycles. The molecular formula is C16H16ClN3O2. The number of rotatable bonds is 5. The topological polar surface area (TPSA) is 84.2 Å². The second kappa shape index (κ2) is 6.95. The van der Waals surface area contributed by atoms with Crippen LogP contribution in [0.4, 0.5) is 11.4 Å². The fraction of sp³-hybridized carbons (Fsp3) is 0.125. The molecule has 0 heterocycles. The highest BCUT2D eigenvalue weighted by atomic mass is 35.5. The number of carbonyl (C=O) groups is 2. The summed E-state index contributed by atoms with van der Waals surface area (Å²) in [7, 11) is 0. The zero-order valence-corrected chi connectivity index (χ0v) is 12.8. The fourth-order valence-electron chi connectivity index (χ4n) is 1.96. The average molecular weight is 318 g/mol. The summed E-state index contributed by atoms with van der Waals surface area (Å²) >= 11 is 6.01. The molecule has 22 heavy (non-hydrogen) atoms. The first-order chi connectivity index (χ1) is 10.5. The van der Waals surface area contributed by atoms with Crippen LogP contribution in [-0.2, 0) is 4.79 Å². The number of hydrogen-bond donors (Lipinski definition) is 3. The maximum absolute atomic E-state index is 12.0. The SMILES string of the molecule is Cc1c(Cl)cccc1NC(=O)CNc1ccccc1C(N)=O. The molecule has 2 rings (SSSR count). The van der Waals surface area contributed by atoms with E-state index in [1.807, 2.05) is 6.92 Å². The van der Waals surface area contributed by atoms with Gasteiger partial charge in [0.25, 0.3) is 5.91 Å². The Morgan fingerprint density at radius 1 is 1.09 bits per heavy atom. The second-order valence-electron chi connectivity index (χ2n) is 4.72. The van der Waals surface area contributed by atoms with E-state index in [2.05, 4.69) is 10.6 Å². The Bertz CT molecular complexity index is 716. The summed E-state index contributed by atoms with van der Waals surface area (Å²) in [6, 6.07) is 12.1. The van der Waals surface area contributed by atoms with E-state index in [1.54, 1.807) is 42.5 Å². The maximum Gasteiger partial charge on any atom is 0.250 e. The first-order valence-corrected chi connectivity index (χ1v) is 7.04. The first-order valence-electron chi connectivity index (χ1n) is 6.66. The molecule has 0 saturated carbocycles. The summed E-state index contributed by atoms with van der Waals surface area (Å²) in [6.07, 6.45) is 0. The van der Waals surface area contributed by atoms with Crippen LogP contribution in [0, 0.1) is 6.92 Å². The van der Waals surface area contributed by atoms with E-state index in [9.17, 15) is 9.59 Å². The highest BCUT2D eigenvalue weighted by Crippen LogP contribution is 2.22. The van der Waals surface area contributed by atoms with E-state index < -0.39 is 5.91 Å². The molecule has 0 aromatic heterocycles. The minimum atomic E-state index is -0.547. The molecule has 0 aliphatic heterocycles. The van der Waals surface area contributed by atoms with Crippen LogP contribution in [0.15, 0.2) is 42.5 Å². The summed E-state index contributed by atoms with van der Waals surface area (Å²) in [5.74, 6) is -0.793. The van der Waals surface area contributed by atoms with Crippen molar-refractivity contribution in [2.45, 2.75) is 6.92 Å². The van der Waals surface area contributed by atoms with Gasteiger partial charge < -0.3 is 16.4 Å². The standard InChI is InChI=1S/C16H16ClN3O2/c1-10-12(17)6-4-8-13(10)20-15(21)9-19-14-7-3-2-5-11(14)16(18)22/h2-8,19H,9H2,1H3,(H2,18,22)(H,20,21). The molecule has 0 unspecified atom stereocenters. The molecular weight excluding hydrogens is 302 g/mol. The number of benzene rings is 2. The Balaban J connectivity index is 2.02. The van der Waals surface area contributed by atoms with Gasteiger partial charge in [0, 0.05) is 16.4 Å². The predicted octanol–water partition coefficient (Wildman–Crippen LogP) is 2.80. The van der Waals surface area contributed by atoms with Crippen molar-refractivity contribution < 1.29 is 9.59 Å². The van der Waals surface area contributed by atoms with Crippen molar-refractivity contribution in [1.82, 2.24) is 0 Å². The van der Waals surface area contributed by atoms with Crippen molar-refractivity contribution >= 4 is 34.8 Å². The molecule has 2 aromatic rings. The van der Waals surface area contributed by atoms with Crippen LogP contribution in [0.2, 0.25) is 5.02 Å². The van der Waals surface area contributed by atoms with Crippen LogP contribution >= 0.6 is 11.6 Å². The lowest BCUT2D eigenvalue weighted by Crippen LogP contribution is -2.23. The Morgan fingerprint density at radius 3 is 2.50 bits per heavy atom. The van der Waals surface area contributed by atoms with Gasteiger partial charge in [-0.05, 0) is 36.8 Å². The number of para-hydroxylation sites is 1. The third-order valence-corrected chi connectivity index (χ3v) is 3.58. The summed E-state index contributed by atoms with van der Waals surface area (Å²) in [5.41, 5.74) is 7.61.